The fourth-order valence-corrected chi connectivity index (χ4v) is 2.56. The zero-order chi connectivity index (χ0) is 19.8. The molecule has 7 heteroatoms. The Bertz CT molecular complexity index is 821. The highest BCUT2D eigenvalue weighted by Crippen LogP contribution is 2.17. The highest BCUT2D eigenvalue weighted by molar-refractivity contribution is 6.30. The Labute approximate surface area is 163 Å². The second-order valence-corrected chi connectivity index (χ2v) is 6.25. The van der Waals surface area contributed by atoms with Crippen LogP contribution in [0.25, 0.3) is 0 Å². The lowest BCUT2D eigenvalue weighted by Crippen LogP contribution is -2.36. The first-order chi connectivity index (χ1) is 12.9. The minimum Gasteiger partial charge on any atom is -0.462 e. The standard InChI is InChI=1S/C20H21ClN2O4/c1-3-27-20(26)17-6-4-5-7-18(17)22-19(25)13-23(14(2)24)12-15-8-10-16(21)11-9-15/h4-11H,3,12-13H2,1-2H3,(H,22,25). The Morgan fingerprint density at radius 1 is 1.07 bits per heavy atom. The predicted molar refractivity (Wildman–Crippen MR) is 104 cm³/mol. The van der Waals surface area contributed by atoms with Gasteiger partial charge in [0.1, 0.15) is 6.54 Å². The summed E-state index contributed by atoms with van der Waals surface area (Å²) in [7, 11) is 0. The minimum atomic E-state index is -0.516. The molecule has 142 valence electrons. The molecule has 2 amide bonds. The Kier molecular flexibility index (Phi) is 7.37. The molecule has 0 aliphatic heterocycles. The van der Waals surface area contributed by atoms with Gasteiger partial charge in [0.05, 0.1) is 17.9 Å². The molecular weight excluding hydrogens is 368 g/mol. The molecule has 0 aliphatic carbocycles. The fourth-order valence-electron chi connectivity index (χ4n) is 2.43. The zero-order valence-electron chi connectivity index (χ0n) is 15.2. The second kappa shape index (κ2) is 9.73. The van der Waals surface area contributed by atoms with Crippen molar-refractivity contribution in [2.45, 2.75) is 20.4 Å². The molecule has 0 bridgehead atoms. The van der Waals surface area contributed by atoms with Crippen LogP contribution in [-0.4, -0.2) is 35.8 Å². The van der Waals surface area contributed by atoms with Crippen LogP contribution < -0.4 is 5.32 Å². The third-order valence-electron chi connectivity index (χ3n) is 3.76. The molecule has 6 nitrogen and oxygen atoms in total. The Morgan fingerprint density at radius 3 is 2.37 bits per heavy atom. The molecule has 0 saturated heterocycles. The van der Waals surface area contributed by atoms with Gasteiger partial charge in [0, 0.05) is 18.5 Å². The molecule has 2 aromatic carbocycles. The quantitative estimate of drug-likeness (QED) is 0.736. The number of nitrogens with one attached hydrogen (secondary N) is 1. The molecule has 0 heterocycles. The van der Waals surface area contributed by atoms with Crippen molar-refractivity contribution in [1.82, 2.24) is 4.90 Å². The van der Waals surface area contributed by atoms with Crippen LogP contribution in [0.2, 0.25) is 5.02 Å². The van der Waals surface area contributed by atoms with Gasteiger partial charge in [-0.1, -0.05) is 35.9 Å². The first-order valence-electron chi connectivity index (χ1n) is 8.46. The number of anilines is 1. The van der Waals surface area contributed by atoms with Gasteiger partial charge in [-0.3, -0.25) is 9.59 Å². The fraction of sp³-hybridized carbons (Fsp3) is 0.250. The largest absolute Gasteiger partial charge is 0.462 e. The van der Waals surface area contributed by atoms with Gasteiger partial charge >= 0.3 is 5.97 Å². The van der Waals surface area contributed by atoms with E-state index in [4.69, 9.17) is 16.3 Å². The van der Waals surface area contributed by atoms with Gasteiger partial charge in [0.15, 0.2) is 0 Å². The summed E-state index contributed by atoms with van der Waals surface area (Å²) in [5.74, 6) is -1.16. The average molecular weight is 389 g/mol. The van der Waals surface area contributed by atoms with E-state index in [1.54, 1.807) is 55.5 Å². The Morgan fingerprint density at radius 2 is 1.74 bits per heavy atom. The topological polar surface area (TPSA) is 75.7 Å². The van der Waals surface area contributed by atoms with Crippen LogP contribution in [0, 0.1) is 0 Å². The van der Waals surface area contributed by atoms with E-state index in [0.717, 1.165) is 5.56 Å². The van der Waals surface area contributed by atoms with E-state index >= 15 is 0 Å². The number of carbonyl (C=O) groups is 3. The van der Waals surface area contributed by atoms with E-state index in [-0.39, 0.29) is 31.2 Å². The average Bonchev–Trinajstić information content (AvgIpc) is 2.63. The molecule has 1 N–H and O–H groups in total. The molecular formula is C20H21ClN2O4. The van der Waals surface area contributed by atoms with Crippen LogP contribution >= 0.6 is 11.6 Å². The summed E-state index contributed by atoms with van der Waals surface area (Å²) in [5.41, 5.74) is 1.46. The second-order valence-electron chi connectivity index (χ2n) is 5.82. The van der Waals surface area contributed by atoms with Gasteiger partial charge in [-0.15, -0.1) is 0 Å². The minimum absolute atomic E-state index is 0.144. The number of esters is 1. The number of halogens is 1. The number of carbonyl (C=O) groups excluding carboxylic acids is 3. The summed E-state index contributed by atoms with van der Waals surface area (Å²) < 4.78 is 4.99. The van der Waals surface area contributed by atoms with Crippen molar-refractivity contribution in [2.24, 2.45) is 0 Å². The third kappa shape index (κ3) is 6.11. The number of nitrogens with zero attached hydrogens (tertiary/aromatic N) is 1. The van der Waals surface area contributed by atoms with Crippen LogP contribution in [-0.2, 0) is 20.9 Å². The van der Waals surface area contributed by atoms with Gasteiger partial charge < -0.3 is 15.0 Å². The van der Waals surface area contributed by atoms with Crippen molar-refractivity contribution in [3.63, 3.8) is 0 Å². The smallest absolute Gasteiger partial charge is 0.340 e. The van der Waals surface area contributed by atoms with Gasteiger partial charge in [-0.2, -0.15) is 0 Å². The van der Waals surface area contributed by atoms with Crippen molar-refractivity contribution in [3.05, 3.63) is 64.7 Å². The predicted octanol–water partition coefficient (Wildman–Crippen LogP) is 3.50. The van der Waals surface area contributed by atoms with Gasteiger partial charge in [0.2, 0.25) is 11.8 Å². The normalized spacial score (nSPS) is 10.2. The van der Waals surface area contributed by atoms with E-state index in [2.05, 4.69) is 5.32 Å². The van der Waals surface area contributed by atoms with E-state index in [1.165, 1.54) is 11.8 Å². The summed E-state index contributed by atoms with van der Waals surface area (Å²) >= 11 is 5.87. The van der Waals surface area contributed by atoms with Crippen LogP contribution in [0.4, 0.5) is 5.69 Å². The van der Waals surface area contributed by atoms with Crippen LogP contribution in [0.15, 0.2) is 48.5 Å². The SMILES string of the molecule is CCOC(=O)c1ccccc1NC(=O)CN(Cc1ccc(Cl)cc1)C(C)=O. The molecule has 0 spiro atoms. The number of hydrogen-bond donors (Lipinski definition) is 1. The van der Waals surface area contributed by atoms with Crippen molar-refractivity contribution in [2.75, 3.05) is 18.5 Å². The van der Waals surface area contributed by atoms with Gasteiger partial charge in [0.25, 0.3) is 0 Å². The molecule has 0 aromatic heterocycles. The van der Waals surface area contributed by atoms with E-state index in [1.807, 2.05) is 0 Å². The summed E-state index contributed by atoms with van der Waals surface area (Å²) in [6.07, 6.45) is 0. The molecule has 0 atom stereocenters. The highest BCUT2D eigenvalue weighted by atomic mass is 35.5. The summed E-state index contributed by atoms with van der Waals surface area (Å²) in [6, 6.07) is 13.6. The molecule has 0 unspecified atom stereocenters. The maximum Gasteiger partial charge on any atom is 0.340 e. The molecule has 2 aromatic rings. The maximum absolute atomic E-state index is 12.4. The third-order valence-corrected chi connectivity index (χ3v) is 4.01. The molecule has 27 heavy (non-hydrogen) atoms. The number of rotatable bonds is 7. The van der Waals surface area contributed by atoms with E-state index < -0.39 is 11.9 Å². The Hall–Kier alpha value is -2.86. The van der Waals surface area contributed by atoms with Crippen LogP contribution in [0.3, 0.4) is 0 Å². The lowest BCUT2D eigenvalue weighted by atomic mass is 10.1. The molecule has 0 fully saturated rings. The van der Waals surface area contributed by atoms with Crippen molar-refractivity contribution in [3.8, 4) is 0 Å². The molecule has 0 aliphatic rings. The summed E-state index contributed by atoms with van der Waals surface area (Å²) in [6.45, 7) is 3.48. The summed E-state index contributed by atoms with van der Waals surface area (Å²) in [5, 5.41) is 3.27. The lowest BCUT2D eigenvalue weighted by Gasteiger charge is -2.21. The first kappa shape index (κ1) is 20.5. The Balaban J connectivity index is 2.07. The zero-order valence-corrected chi connectivity index (χ0v) is 16.0. The highest BCUT2D eigenvalue weighted by Gasteiger charge is 2.17. The lowest BCUT2D eigenvalue weighted by molar-refractivity contribution is -0.133. The van der Waals surface area contributed by atoms with Gasteiger partial charge in [-0.05, 0) is 36.8 Å². The number of benzene rings is 2. The molecule has 0 radical (unpaired) electrons. The molecule has 2 rings (SSSR count). The summed E-state index contributed by atoms with van der Waals surface area (Å²) in [4.78, 5) is 37.7. The number of hydrogen-bond acceptors (Lipinski definition) is 4. The van der Waals surface area contributed by atoms with Crippen molar-refractivity contribution >= 4 is 35.1 Å². The van der Waals surface area contributed by atoms with Crippen LogP contribution in [0.1, 0.15) is 29.8 Å². The van der Waals surface area contributed by atoms with E-state index in [9.17, 15) is 14.4 Å². The number of amides is 2. The van der Waals surface area contributed by atoms with Gasteiger partial charge in [-0.25, -0.2) is 4.79 Å². The number of ether oxygens (including phenoxy) is 1. The number of para-hydroxylation sites is 1. The van der Waals surface area contributed by atoms with E-state index in [0.29, 0.717) is 10.7 Å². The van der Waals surface area contributed by atoms with Crippen LogP contribution in [0.5, 0.6) is 0 Å². The molecule has 0 saturated carbocycles. The monoisotopic (exact) mass is 388 g/mol. The van der Waals surface area contributed by atoms with Crippen molar-refractivity contribution < 1.29 is 19.1 Å². The van der Waals surface area contributed by atoms with Crippen molar-refractivity contribution in [1.29, 1.82) is 0 Å². The maximum atomic E-state index is 12.4. The first-order valence-corrected chi connectivity index (χ1v) is 8.84.